The first kappa shape index (κ1) is 8.26. The van der Waals surface area contributed by atoms with Gasteiger partial charge in [0.25, 0.3) is 0 Å². The van der Waals surface area contributed by atoms with E-state index in [9.17, 15) is 0 Å². The Morgan fingerprint density at radius 3 is 2.64 bits per heavy atom. The van der Waals surface area contributed by atoms with Gasteiger partial charge in [-0.05, 0) is 12.1 Å². The van der Waals surface area contributed by atoms with Crippen LogP contribution in [0, 0.1) is 11.3 Å². The van der Waals surface area contributed by atoms with E-state index in [-0.39, 0.29) is 5.69 Å². The zero-order valence-corrected chi connectivity index (χ0v) is 7.25. The molecule has 0 aromatic carbocycles. The van der Waals surface area contributed by atoms with E-state index in [1.165, 1.54) is 12.4 Å². The molecule has 0 aliphatic rings. The van der Waals surface area contributed by atoms with Crippen LogP contribution in [0.3, 0.4) is 0 Å². The predicted molar refractivity (Wildman–Crippen MR) is 50.2 cm³/mol. The molecule has 0 amide bonds. The minimum Gasteiger partial charge on any atom is -0.276 e. The van der Waals surface area contributed by atoms with Gasteiger partial charge < -0.3 is 0 Å². The van der Waals surface area contributed by atoms with E-state index >= 15 is 0 Å². The highest BCUT2D eigenvalue weighted by molar-refractivity contribution is 5.46. The number of hydrogen-bond acceptors (Lipinski definition) is 4. The van der Waals surface area contributed by atoms with Crippen LogP contribution in [0.1, 0.15) is 5.69 Å². The van der Waals surface area contributed by atoms with Crippen LogP contribution in [-0.2, 0) is 0 Å². The van der Waals surface area contributed by atoms with Crippen molar-refractivity contribution < 1.29 is 0 Å². The van der Waals surface area contributed by atoms with E-state index < -0.39 is 0 Å². The molecule has 0 spiro atoms. The topological polar surface area (TPSA) is 66.5 Å². The van der Waals surface area contributed by atoms with E-state index in [1.54, 1.807) is 4.68 Å². The van der Waals surface area contributed by atoms with E-state index in [2.05, 4.69) is 15.4 Å². The van der Waals surface area contributed by atoms with Crippen LogP contribution in [0.4, 0.5) is 5.82 Å². The number of anilines is 1. The highest BCUT2D eigenvalue weighted by Crippen LogP contribution is 2.06. The summed E-state index contributed by atoms with van der Waals surface area (Å²) in [6, 6.07) is 5.70. The highest BCUT2D eigenvalue weighted by Gasteiger charge is 2.02. The lowest BCUT2D eigenvalue weighted by molar-refractivity contribution is 0.941. The lowest BCUT2D eigenvalue weighted by Crippen LogP contribution is -2.09. The fourth-order valence-electron chi connectivity index (χ4n) is 1.03. The number of aromatic nitrogens is 3. The number of rotatable bonds is 2. The maximum Gasteiger partial charge on any atom is 0.184 e. The third-order valence-corrected chi connectivity index (χ3v) is 1.64. The van der Waals surface area contributed by atoms with Crippen molar-refractivity contribution in [2.75, 3.05) is 5.43 Å². The van der Waals surface area contributed by atoms with Gasteiger partial charge in [0, 0.05) is 24.8 Å². The molecule has 5 nitrogen and oxygen atoms in total. The summed E-state index contributed by atoms with van der Waals surface area (Å²) >= 11 is 0. The van der Waals surface area contributed by atoms with Gasteiger partial charge in [0.15, 0.2) is 11.5 Å². The molecule has 2 aromatic heterocycles. The van der Waals surface area contributed by atoms with E-state index in [0.717, 1.165) is 0 Å². The Hall–Kier alpha value is -2.35. The first-order valence-electron chi connectivity index (χ1n) is 4.01. The molecule has 0 unspecified atom stereocenters. The van der Waals surface area contributed by atoms with E-state index in [1.807, 2.05) is 30.6 Å². The SMILES string of the molecule is N#Cc1nccnc1Nn1cccc1. The molecule has 2 aromatic rings. The molecule has 0 atom stereocenters. The van der Waals surface area contributed by atoms with Crippen LogP contribution in [0.15, 0.2) is 36.9 Å². The van der Waals surface area contributed by atoms with Crippen LogP contribution >= 0.6 is 0 Å². The Morgan fingerprint density at radius 2 is 1.93 bits per heavy atom. The second-order valence-corrected chi connectivity index (χ2v) is 2.57. The molecule has 0 saturated heterocycles. The number of hydrogen-bond donors (Lipinski definition) is 1. The molecule has 5 heteroatoms. The van der Waals surface area contributed by atoms with Gasteiger partial charge in [-0.1, -0.05) is 0 Å². The molecule has 1 N–H and O–H groups in total. The minimum atomic E-state index is 0.279. The van der Waals surface area contributed by atoms with Crippen molar-refractivity contribution in [2.45, 2.75) is 0 Å². The average Bonchev–Trinajstić information content (AvgIpc) is 2.71. The van der Waals surface area contributed by atoms with Gasteiger partial charge in [-0.15, -0.1) is 0 Å². The molecule has 2 rings (SSSR count). The van der Waals surface area contributed by atoms with Crippen molar-refractivity contribution in [3.05, 3.63) is 42.6 Å². The van der Waals surface area contributed by atoms with Crippen molar-refractivity contribution in [1.29, 1.82) is 5.26 Å². The molecule has 68 valence electrons. The molecule has 0 fully saturated rings. The molecule has 0 saturated carbocycles. The Morgan fingerprint density at radius 1 is 1.21 bits per heavy atom. The van der Waals surface area contributed by atoms with Gasteiger partial charge in [-0.3, -0.25) is 10.1 Å². The summed E-state index contributed by atoms with van der Waals surface area (Å²) in [6.45, 7) is 0. The molecular weight excluding hydrogens is 178 g/mol. The summed E-state index contributed by atoms with van der Waals surface area (Å²) in [5.74, 6) is 0.450. The maximum absolute atomic E-state index is 8.75. The van der Waals surface area contributed by atoms with Crippen LogP contribution in [0.5, 0.6) is 0 Å². The first-order valence-corrected chi connectivity index (χ1v) is 4.01. The standard InChI is InChI=1S/C9H7N5/c10-7-8-9(12-4-3-11-8)13-14-5-1-2-6-14/h1-6H,(H,12,13). The second-order valence-electron chi connectivity index (χ2n) is 2.57. The van der Waals surface area contributed by atoms with Crippen LogP contribution in [0.25, 0.3) is 0 Å². The fourth-order valence-corrected chi connectivity index (χ4v) is 1.03. The number of nitrogens with one attached hydrogen (secondary N) is 1. The summed E-state index contributed by atoms with van der Waals surface area (Å²) < 4.78 is 1.70. The zero-order chi connectivity index (χ0) is 9.80. The lowest BCUT2D eigenvalue weighted by Gasteiger charge is -2.05. The number of nitrogens with zero attached hydrogens (tertiary/aromatic N) is 4. The van der Waals surface area contributed by atoms with Crippen molar-refractivity contribution in [1.82, 2.24) is 14.6 Å². The van der Waals surface area contributed by atoms with Gasteiger partial charge in [-0.2, -0.15) is 5.26 Å². The molecule has 0 radical (unpaired) electrons. The highest BCUT2D eigenvalue weighted by atomic mass is 15.4. The predicted octanol–water partition coefficient (Wildman–Crippen LogP) is 1.02. The van der Waals surface area contributed by atoms with Crippen LogP contribution in [0.2, 0.25) is 0 Å². The fraction of sp³-hybridized carbons (Fsp3) is 0. The Kier molecular flexibility index (Phi) is 2.11. The summed E-state index contributed by atoms with van der Waals surface area (Å²) in [5.41, 5.74) is 3.20. The third-order valence-electron chi connectivity index (χ3n) is 1.64. The van der Waals surface area contributed by atoms with Crippen molar-refractivity contribution in [2.24, 2.45) is 0 Å². The summed E-state index contributed by atoms with van der Waals surface area (Å²) in [5, 5.41) is 8.75. The minimum absolute atomic E-state index is 0.279. The quantitative estimate of drug-likeness (QED) is 0.758. The van der Waals surface area contributed by atoms with Crippen molar-refractivity contribution >= 4 is 5.82 Å². The maximum atomic E-state index is 8.75. The van der Waals surface area contributed by atoms with Gasteiger partial charge in [0.1, 0.15) is 6.07 Å². The molecule has 14 heavy (non-hydrogen) atoms. The molecule has 0 bridgehead atoms. The largest absolute Gasteiger partial charge is 0.276 e. The Labute approximate surface area is 80.6 Å². The normalized spacial score (nSPS) is 9.36. The summed E-state index contributed by atoms with van der Waals surface area (Å²) in [7, 11) is 0. The van der Waals surface area contributed by atoms with Crippen LogP contribution in [-0.4, -0.2) is 14.6 Å². The lowest BCUT2D eigenvalue weighted by atomic mass is 10.4. The van der Waals surface area contributed by atoms with Crippen molar-refractivity contribution in [3.8, 4) is 6.07 Å². The smallest absolute Gasteiger partial charge is 0.184 e. The molecule has 2 heterocycles. The molecule has 0 aliphatic heterocycles. The monoisotopic (exact) mass is 185 g/mol. The number of nitriles is 1. The first-order chi connectivity index (χ1) is 6.90. The van der Waals surface area contributed by atoms with E-state index in [0.29, 0.717) is 5.82 Å². The molecular formula is C9H7N5. The van der Waals surface area contributed by atoms with Crippen LogP contribution < -0.4 is 5.43 Å². The second kappa shape index (κ2) is 3.58. The van der Waals surface area contributed by atoms with Crippen molar-refractivity contribution in [3.63, 3.8) is 0 Å². The third kappa shape index (κ3) is 1.54. The average molecular weight is 185 g/mol. The Bertz CT molecular complexity index is 454. The van der Waals surface area contributed by atoms with Gasteiger partial charge in [0.2, 0.25) is 0 Å². The van der Waals surface area contributed by atoms with Gasteiger partial charge >= 0.3 is 0 Å². The van der Waals surface area contributed by atoms with Gasteiger partial charge in [-0.25, -0.2) is 9.97 Å². The van der Waals surface area contributed by atoms with Gasteiger partial charge in [0.05, 0.1) is 0 Å². The zero-order valence-electron chi connectivity index (χ0n) is 7.25. The molecule has 0 aliphatic carbocycles. The summed E-state index contributed by atoms with van der Waals surface area (Å²) in [6.07, 6.45) is 6.65. The summed E-state index contributed by atoms with van der Waals surface area (Å²) in [4.78, 5) is 7.89. The van der Waals surface area contributed by atoms with E-state index in [4.69, 9.17) is 5.26 Å². The Balaban J connectivity index is 2.30.